The van der Waals surface area contributed by atoms with Gasteiger partial charge in [0.15, 0.2) is 5.82 Å². The first-order chi connectivity index (χ1) is 10.2. The van der Waals surface area contributed by atoms with Crippen LogP contribution in [-0.2, 0) is 21.4 Å². The van der Waals surface area contributed by atoms with E-state index in [1.807, 2.05) is 6.92 Å². The number of likely N-dealkylation sites (N-methyl/N-ethyl adjacent to an activating group) is 1. The molecule has 1 aromatic heterocycles. The van der Waals surface area contributed by atoms with Gasteiger partial charge in [0.05, 0.1) is 6.61 Å². The molecular weight excluding hydrogens is 270 g/mol. The lowest BCUT2D eigenvalue weighted by molar-refractivity contribution is -0.155. The van der Waals surface area contributed by atoms with Gasteiger partial charge in [-0.05, 0) is 32.9 Å². The number of hydrogen-bond donors (Lipinski definition) is 0. The van der Waals surface area contributed by atoms with Crippen LogP contribution < -0.4 is 0 Å². The molecule has 0 aromatic carbocycles. The number of esters is 1. The van der Waals surface area contributed by atoms with Gasteiger partial charge < -0.3 is 14.2 Å². The van der Waals surface area contributed by atoms with Gasteiger partial charge in [-0.25, -0.2) is 0 Å². The number of nitrogens with zero attached hydrogens (tertiary/aromatic N) is 3. The molecular formula is C15H25N3O3. The minimum absolute atomic E-state index is 0.227. The van der Waals surface area contributed by atoms with E-state index in [0.717, 1.165) is 45.3 Å². The second-order valence-corrected chi connectivity index (χ2v) is 5.45. The first-order valence-electron chi connectivity index (χ1n) is 7.89. The highest BCUT2D eigenvalue weighted by Gasteiger charge is 2.51. The number of aromatic nitrogens is 2. The summed E-state index contributed by atoms with van der Waals surface area (Å²) in [6.07, 6.45) is 3.22. The maximum Gasteiger partial charge on any atom is 0.321 e. The molecule has 0 aliphatic heterocycles. The van der Waals surface area contributed by atoms with E-state index in [1.54, 1.807) is 0 Å². The van der Waals surface area contributed by atoms with E-state index in [2.05, 4.69) is 28.9 Å². The second-order valence-electron chi connectivity index (χ2n) is 5.45. The summed E-state index contributed by atoms with van der Waals surface area (Å²) in [4.78, 5) is 18.9. The van der Waals surface area contributed by atoms with E-state index in [1.165, 1.54) is 0 Å². The lowest BCUT2D eigenvalue weighted by atomic mass is 9.68. The Labute approximate surface area is 125 Å². The normalized spacial score (nSPS) is 16.8. The van der Waals surface area contributed by atoms with Gasteiger partial charge in [0.2, 0.25) is 5.89 Å². The minimum Gasteiger partial charge on any atom is -0.465 e. The molecule has 2 rings (SSSR count). The molecule has 1 heterocycles. The van der Waals surface area contributed by atoms with Gasteiger partial charge in [0.25, 0.3) is 0 Å². The zero-order valence-corrected chi connectivity index (χ0v) is 13.2. The monoisotopic (exact) mass is 295 g/mol. The van der Waals surface area contributed by atoms with Crippen molar-refractivity contribution >= 4 is 5.97 Å². The fourth-order valence-electron chi connectivity index (χ4n) is 2.65. The summed E-state index contributed by atoms with van der Waals surface area (Å²) < 4.78 is 10.5. The second kappa shape index (κ2) is 7.02. The van der Waals surface area contributed by atoms with Gasteiger partial charge in [0.1, 0.15) is 5.41 Å². The summed E-state index contributed by atoms with van der Waals surface area (Å²) in [7, 11) is 0. The average molecular weight is 295 g/mol. The molecule has 1 aliphatic carbocycles. The predicted octanol–water partition coefficient (Wildman–Crippen LogP) is 1.94. The Hall–Kier alpha value is -1.43. The molecule has 0 unspecified atom stereocenters. The summed E-state index contributed by atoms with van der Waals surface area (Å²) in [5.74, 6) is 0.879. The minimum atomic E-state index is -0.684. The Kier molecular flexibility index (Phi) is 5.33. The molecule has 0 N–H and O–H groups in total. The first kappa shape index (κ1) is 15.9. The van der Waals surface area contributed by atoms with Crippen molar-refractivity contribution in [2.24, 2.45) is 0 Å². The number of rotatable bonds is 8. The molecule has 0 bridgehead atoms. The highest BCUT2D eigenvalue weighted by molar-refractivity contribution is 5.82. The smallest absolute Gasteiger partial charge is 0.321 e. The molecule has 0 saturated heterocycles. The Balaban J connectivity index is 2.03. The van der Waals surface area contributed by atoms with Crippen LogP contribution in [0.3, 0.4) is 0 Å². The van der Waals surface area contributed by atoms with Crippen molar-refractivity contribution in [3.8, 4) is 0 Å². The maximum atomic E-state index is 12.2. The van der Waals surface area contributed by atoms with Crippen molar-refractivity contribution in [1.29, 1.82) is 0 Å². The van der Waals surface area contributed by atoms with Gasteiger partial charge in [-0.2, -0.15) is 4.98 Å². The standard InChI is InChI=1S/C15H25N3O3/c1-4-18(5-2)11-8-12-16-13(21-17-12)15(9-7-10-15)14(19)20-6-3/h4-11H2,1-3H3. The highest BCUT2D eigenvalue weighted by atomic mass is 16.5. The maximum absolute atomic E-state index is 12.2. The molecule has 21 heavy (non-hydrogen) atoms. The Morgan fingerprint density at radius 2 is 2.05 bits per heavy atom. The van der Waals surface area contributed by atoms with Crippen LogP contribution in [0.15, 0.2) is 4.52 Å². The van der Waals surface area contributed by atoms with E-state index in [-0.39, 0.29) is 5.97 Å². The molecule has 0 amide bonds. The number of carbonyl (C=O) groups is 1. The summed E-state index contributed by atoms with van der Waals surface area (Å²) in [5, 5.41) is 4.03. The van der Waals surface area contributed by atoms with Crippen molar-refractivity contribution in [1.82, 2.24) is 15.0 Å². The summed E-state index contributed by atoms with van der Waals surface area (Å²) in [5.41, 5.74) is -0.684. The molecule has 0 spiro atoms. The van der Waals surface area contributed by atoms with Gasteiger partial charge >= 0.3 is 5.97 Å². The molecule has 6 heteroatoms. The van der Waals surface area contributed by atoms with Gasteiger partial charge in [-0.1, -0.05) is 25.4 Å². The van der Waals surface area contributed by atoms with Crippen LogP contribution >= 0.6 is 0 Å². The molecule has 0 atom stereocenters. The number of hydrogen-bond acceptors (Lipinski definition) is 6. The number of carbonyl (C=O) groups excluding carboxylic acids is 1. The van der Waals surface area contributed by atoms with Crippen LogP contribution in [0.2, 0.25) is 0 Å². The topological polar surface area (TPSA) is 68.5 Å². The molecule has 1 aliphatic rings. The van der Waals surface area contributed by atoms with Crippen LogP contribution in [0.25, 0.3) is 0 Å². The van der Waals surface area contributed by atoms with Crippen LogP contribution in [0, 0.1) is 0 Å². The Bertz CT molecular complexity index is 464. The van der Waals surface area contributed by atoms with E-state index in [9.17, 15) is 4.79 Å². The van der Waals surface area contributed by atoms with Crippen molar-refractivity contribution in [2.45, 2.75) is 51.9 Å². The van der Waals surface area contributed by atoms with Crippen LogP contribution in [0.1, 0.15) is 51.7 Å². The van der Waals surface area contributed by atoms with E-state index >= 15 is 0 Å². The van der Waals surface area contributed by atoms with E-state index in [4.69, 9.17) is 9.26 Å². The molecule has 0 radical (unpaired) electrons. The van der Waals surface area contributed by atoms with Crippen molar-refractivity contribution < 1.29 is 14.1 Å². The van der Waals surface area contributed by atoms with Gasteiger partial charge in [-0.3, -0.25) is 4.79 Å². The quantitative estimate of drug-likeness (QED) is 0.683. The summed E-state index contributed by atoms with van der Waals surface area (Å²) in [6, 6.07) is 0. The van der Waals surface area contributed by atoms with Gasteiger partial charge in [0, 0.05) is 13.0 Å². The highest BCUT2D eigenvalue weighted by Crippen LogP contribution is 2.44. The third kappa shape index (κ3) is 3.26. The number of ether oxygens (including phenoxy) is 1. The zero-order chi connectivity index (χ0) is 15.3. The average Bonchev–Trinajstić information content (AvgIpc) is 2.88. The van der Waals surface area contributed by atoms with Crippen molar-refractivity contribution in [2.75, 3.05) is 26.2 Å². The molecule has 1 saturated carbocycles. The lowest BCUT2D eigenvalue weighted by Crippen LogP contribution is -2.44. The first-order valence-corrected chi connectivity index (χ1v) is 7.89. The summed E-state index contributed by atoms with van der Waals surface area (Å²) in [6.45, 7) is 9.38. The molecule has 118 valence electrons. The van der Waals surface area contributed by atoms with Crippen LogP contribution in [0.4, 0.5) is 0 Å². The van der Waals surface area contributed by atoms with Crippen molar-refractivity contribution in [3.63, 3.8) is 0 Å². The van der Waals surface area contributed by atoms with Crippen LogP contribution in [-0.4, -0.2) is 47.3 Å². The third-order valence-corrected chi connectivity index (χ3v) is 4.30. The van der Waals surface area contributed by atoms with E-state index in [0.29, 0.717) is 18.3 Å². The molecule has 1 aromatic rings. The summed E-state index contributed by atoms with van der Waals surface area (Å²) >= 11 is 0. The largest absolute Gasteiger partial charge is 0.465 e. The van der Waals surface area contributed by atoms with E-state index < -0.39 is 5.41 Å². The van der Waals surface area contributed by atoms with Crippen molar-refractivity contribution in [3.05, 3.63) is 11.7 Å². The third-order valence-electron chi connectivity index (χ3n) is 4.30. The van der Waals surface area contributed by atoms with Gasteiger partial charge in [-0.15, -0.1) is 0 Å². The Morgan fingerprint density at radius 1 is 1.33 bits per heavy atom. The predicted molar refractivity (Wildman–Crippen MR) is 78.0 cm³/mol. The SMILES string of the molecule is CCOC(=O)C1(c2nc(CCN(CC)CC)no2)CCC1. The van der Waals surface area contributed by atoms with Crippen LogP contribution in [0.5, 0.6) is 0 Å². The zero-order valence-electron chi connectivity index (χ0n) is 13.2. The lowest BCUT2D eigenvalue weighted by Gasteiger charge is -2.35. The fraction of sp³-hybridized carbons (Fsp3) is 0.800. The fourth-order valence-corrected chi connectivity index (χ4v) is 2.65. The molecule has 1 fully saturated rings. The Morgan fingerprint density at radius 3 is 2.57 bits per heavy atom. The molecule has 6 nitrogen and oxygen atoms in total.